The largest absolute Gasteiger partial charge is 0.441 e. The van der Waals surface area contributed by atoms with Gasteiger partial charge < -0.3 is 19.2 Å². The molecule has 1 N–H and O–H groups in total. The zero-order chi connectivity index (χ0) is 17.9. The summed E-state index contributed by atoms with van der Waals surface area (Å²) < 4.78 is 17.0. The van der Waals surface area contributed by atoms with Gasteiger partial charge in [0.15, 0.2) is 11.5 Å². The Kier molecular flexibility index (Phi) is 4.96. The number of benzene rings is 1. The number of oxazole rings is 1. The third-order valence-electron chi connectivity index (χ3n) is 4.30. The summed E-state index contributed by atoms with van der Waals surface area (Å²) in [6, 6.07) is 5.03. The smallest absolute Gasteiger partial charge is 0.251 e. The van der Waals surface area contributed by atoms with Crippen molar-refractivity contribution in [2.24, 2.45) is 0 Å². The van der Waals surface area contributed by atoms with Gasteiger partial charge in [-0.05, 0) is 24.6 Å². The van der Waals surface area contributed by atoms with Crippen LogP contribution in [0.3, 0.4) is 0 Å². The van der Waals surface area contributed by atoms with Crippen molar-refractivity contribution in [3.63, 3.8) is 0 Å². The van der Waals surface area contributed by atoms with E-state index in [1.165, 1.54) is 11.3 Å². The number of aryl methyl sites for hydroxylation is 1. The normalized spacial score (nSPS) is 20.3. The van der Waals surface area contributed by atoms with Crippen molar-refractivity contribution in [2.75, 3.05) is 13.2 Å². The molecule has 7 nitrogen and oxygen atoms in total. The van der Waals surface area contributed by atoms with E-state index in [-0.39, 0.29) is 18.1 Å². The molecular weight excluding hydrogens is 354 g/mol. The molecule has 0 aliphatic carbocycles. The first-order chi connectivity index (χ1) is 12.7. The van der Waals surface area contributed by atoms with Crippen molar-refractivity contribution in [3.05, 3.63) is 46.2 Å². The molecule has 26 heavy (non-hydrogen) atoms. The topological polar surface area (TPSA) is 86.5 Å². The quantitative estimate of drug-likeness (QED) is 0.740. The molecule has 1 aliphatic heterocycles. The van der Waals surface area contributed by atoms with Crippen LogP contribution >= 0.6 is 11.3 Å². The Morgan fingerprint density at radius 2 is 2.38 bits per heavy atom. The minimum Gasteiger partial charge on any atom is -0.441 e. The average molecular weight is 373 g/mol. The molecule has 136 valence electrons. The number of ether oxygens (including phenoxy) is 2. The van der Waals surface area contributed by atoms with Crippen LogP contribution in [0.15, 0.2) is 33.5 Å². The lowest BCUT2D eigenvalue weighted by molar-refractivity contribution is -0.0611. The molecule has 3 aromatic rings. The Balaban J connectivity index is 1.43. The summed E-state index contributed by atoms with van der Waals surface area (Å²) >= 11 is 1.54. The standard InChI is InChI=1S/C18H19N3O4S/c1-11-20-14-3-2-12(6-17(14)25-11)18(22)21-15-8-23-5-4-16(15)24-7-13-9-26-10-19-13/h2-3,6,9-10,15-16H,4-5,7-8H2,1H3,(H,21,22)/t15-,16+/m1/s1. The number of carbonyl (C=O) groups excluding carboxylic acids is 1. The molecular formula is C18H19N3O4S. The number of fused-ring (bicyclic) bond motifs is 1. The van der Waals surface area contributed by atoms with Gasteiger partial charge in [0.25, 0.3) is 5.91 Å². The third kappa shape index (κ3) is 3.77. The van der Waals surface area contributed by atoms with E-state index >= 15 is 0 Å². The summed E-state index contributed by atoms with van der Waals surface area (Å²) in [5.41, 5.74) is 4.55. The maximum Gasteiger partial charge on any atom is 0.251 e. The molecule has 0 spiro atoms. The number of rotatable bonds is 5. The molecule has 2 aromatic heterocycles. The minimum atomic E-state index is -0.206. The van der Waals surface area contributed by atoms with Crippen LogP contribution in [-0.4, -0.2) is 41.2 Å². The van der Waals surface area contributed by atoms with Crippen molar-refractivity contribution in [2.45, 2.75) is 32.1 Å². The molecule has 3 heterocycles. The fourth-order valence-corrected chi connectivity index (χ4v) is 3.53. The van der Waals surface area contributed by atoms with Crippen molar-refractivity contribution < 1.29 is 18.7 Å². The van der Waals surface area contributed by atoms with Gasteiger partial charge >= 0.3 is 0 Å². The van der Waals surface area contributed by atoms with Gasteiger partial charge in [-0.15, -0.1) is 11.3 Å². The molecule has 0 bridgehead atoms. The van der Waals surface area contributed by atoms with E-state index in [1.54, 1.807) is 30.6 Å². The highest BCUT2D eigenvalue weighted by Crippen LogP contribution is 2.18. The average Bonchev–Trinajstić information content (AvgIpc) is 3.28. The monoisotopic (exact) mass is 373 g/mol. The van der Waals surface area contributed by atoms with E-state index in [0.29, 0.717) is 36.9 Å². The van der Waals surface area contributed by atoms with Crippen LogP contribution in [0.1, 0.15) is 28.4 Å². The van der Waals surface area contributed by atoms with E-state index < -0.39 is 0 Å². The predicted octanol–water partition coefficient (Wildman–Crippen LogP) is 2.70. The Hall–Kier alpha value is -2.29. The molecule has 0 unspecified atom stereocenters. The van der Waals surface area contributed by atoms with Crippen LogP contribution in [0.5, 0.6) is 0 Å². The molecule has 1 fully saturated rings. The SMILES string of the molecule is Cc1nc2ccc(C(=O)N[C@@H]3COCC[C@@H]3OCc3cscn3)cc2o1. The first-order valence-electron chi connectivity index (χ1n) is 8.43. The molecule has 1 amide bonds. The maximum atomic E-state index is 12.6. The molecule has 8 heteroatoms. The molecule has 1 aromatic carbocycles. The molecule has 1 saturated heterocycles. The Bertz CT molecular complexity index is 893. The summed E-state index contributed by atoms with van der Waals surface area (Å²) in [5.74, 6) is 0.396. The van der Waals surface area contributed by atoms with Gasteiger partial charge in [0.05, 0.1) is 36.6 Å². The number of hydrogen-bond donors (Lipinski definition) is 1. The highest BCUT2D eigenvalue weighted by Gasteiger charge is 2.28. The van der Waals surface area contributed by atoms with E-state index in [0.717, 1.165) is 17.6 Å². The summed E-state index contributed by atoms with van der Waals surface area (Å²) in [7, 11) is 0. The Morgan fingerprint density at radius 1 is 1.46 bits per heavy atom. The molecule has 0 saturated carbocycles. The van der Waals surface area contributed by atoms with E-state index in [9.17, 15) is 4.79 Å². The van der Waals surface area contributed by atoms with Crippen LogP contribution in [0.2, 0.25) is 0 Å². The van der Waals surface area contributed by atoms with E-state index in [4.69, 9.17) is 13.9 Å². The molecule has 4 rings (SSSR count). The maximum absolute atomic E-state index is 12.6. The van der Waals surface area contributed by atoms with Crippen LogP contribution in [0.4, 0.5) is 0 Å². The zero-order valence-corrected chi connectivity index (χ0v) is 15.1. The highest BCUT2D eigenvalue weighted by atomic mass is 32.1. The van der Waals surface area contributed by atoms with Gasteiger partial charge in [0, 0.05) is 24.5 Å². The van der Waals surface area contributed by atoms with Gasteiger partial charge in [-0.3, -0.25) is 4.79 Å². The molecule has 2 atom stereocenters. The van der Waals surface area contributed by atoms with E-state index in [2.05, 4.69) is 15.3 Å². The molecule has 1 aliphatic rings. The second-order valence-electron chi connectivity index (χ2n) is 6.19. The summed E-state index contributed by atoms with van der Waals surface area (Å²) in [6.07, 6.45) is 0.626. The summed E-state index contributed by atoms with van der Waals surface area (Å²) in [4.78, 5) is 21.1. The van der Waals surface area contributed by atoms with Crippen molar-refractivity contribution in [1.82, 2.24) is 15.3 Å². The number of carbonyl (C=O) groups is 1. The second-order valence-corrected chi connectivity index (χ2v) is 6.91. The van der Waals surface area contributed by atoms with Crippen LogP contribution in [0, 0.1) is 6.92 Å². The second kappa shape index (κ2) is 7.53. The van der Waals surface area contributed by atoms with Crippen LogP contribution in [0.25, 0.3) is 11.1 Å². The van der Waals surface area contributed by atoms with Crippen molar-refractivity contribution in [1.29, 1.82) is 0 Å². The summed E-state index contributed by atoms with van der Waals surface area (Å²) in [5, 5.41) is 4.98. The Labute approximate surface area is 154 Å². The third-order valence-corrected chi connectivity index (χ3v) is 4.93. The number of nitrogens with one attached hydrogen (secondary N) is 1. The van der Waals surface area contributed by atoms with Crippen molar-refractivity contribution >= 4 is 28.3 Å². The lowest BCUT2D eigenvalue weighted by atomic mass is 10.1. The van der Waals surface area contributed by atoms with E-state index in [1.807, 2.05) is 5.38 Å². The predicted molar refractivity (Wildman–Crippen MR) is 96.1 cm³/mol. The summed E-state index contributed by atoms with van der Waals surface area (Å²) in [6.45, 7) is 3.27. The van der Waals surface area contributed by atoms with Crippen LogP contribution < -0.4 is 5.32 Å². The lowest BCUT2D eigenvalue weighted by Crippen LogP contribution is -2.50. The van der Waals surface area contributed by atoms with Gasteiger partial charge in [0.2, 0.25) is 0 Å². The van der Waals surface area contributed by atoms with Gasteiger partial charge in [-0.25, -0.2) is 9.97 Å². The lowest BCUT2D eigenvalue weighted by Gasteiger charge is -2.32. The first-order valence-corrected chi connectivity index (χ1v) is 9.38. The fourth-order valence-electron chi connectivity index (χ4n) is 2.99. The molecule has 0 radical (unpaired) electrons. The fraction of sp³-hybridized carbons (Fsp3) is 0.389. The highest BCUT2D eigenvalue weighted by molar-refractivity contribution is 7.07. The van der Waals surface area contributed by atoms with Gasteiger partial charge in [0.1, 0.15) is 5.52 Å². The number of thiazole rings is 1. The number of amides is 1. The number of nitrogens with zero attached hydrogens (tertiary/aromatic N) is 2. The van der Waals surface area contributed by atoms with Gasteiger partial charge in [-0.2, -0.15) is 0 Å². The number of aromatic nitrogens is 2. The zero-order valence-electron chi connectivity index (χ0n) is 14.3. The Morgan fingerprint density at radius 3 is 3.23 bits per heavy atom. The van der Waals surface area contributed by atoms with Crippen molar-refractivity contribution in [3.8, 4) is 0 Å². The number of hydrogen-bond acceptors (Lipinski definition) is 7. The first kappa shape index (κ1) is 17.1. The minimum absolute atomic E-state index is 0.106. The van der Waals surface area contributed by atoms with Crippen LogP contribution in [-0.2, 0) is 16.1 Å². The van der Waals surface area contributed by atoms with Gasteiger partial charge in [-0.1, -0.05) is 0 Å².